The van der Waals surface area contributed by atoms with Gasteiger partial charge in [0, 0.05) is 6.42 Å². The molecule has 0 aromatic heterocycles. The molecule has 0 unspecified atom stereocenters. The Morgan fingerprint density at radius 1 is 0.327 bits per heavy atom. The number of carbonyl (C=O) groups excluding carboxylic acids is 1. The van der Waals surface area contributed by atoms with E-state index in [1.54, 1.807) is 0 Å². The summed E-state index contributed by atoms with van der Waals surface area (Å²) in [7, 11) is 0. The van der Waals surface area contributed by atoms with Gasteiger partial charge in [-0.2, -0.15) is 0 Å². The molecule has 0 heterocycles. The van der Waals surface area contributed by atoms with Crippen molar-refractivity contribution in [1.82, 2.24) is 0 Å². The van der Waals surface area contributed by atoms with E-state index >= 15 is 0 Å². The van der Waals surface area contributed by atoms with Crippen molar-refractivity contribution < 1.29 is 9.53 Å². The largest absolute Gasteiger partial charge is 0.435 e. The lowest BCUT2D eigenvalue weighted by atomic mass is 10.0. The predicted octanol–water partition coefficient (Wildman–Crippen LogP) is 17.5. The van der Waals surface area contributed by atoms with E-state index in [2.05, 4.69) is 13.5 Å². The van der Waals surface area contributed by atoms with Crippen LogP contribution in [-0.4, -0.2) is 5.97 Å². The first kappa shape index (κ1) is 48.2. The molecule has 0 aromatic carbocycles. The van der Waals surface area contributed by atoms with E-state index in [0.29, 0.717) is 6.42 Å². The molecule has 0 amide bonds. The first-order valence-electron chi connectivity index (χ1n) is 23.1. The second kappa shape index (κ2) is 45.2. The topological polar surface area (TPSA) is 26.3 Å². The van der Waals surface area contributed by atoms with Gasteiger partial charge in [0.25, 0.3) is 0 Å². The molecule has 49 heavy (non-hydrogen) atoms. The van der Waals surface area contributed by atoms with Crippen LogP contribution in [0.5, 0.6) is 0 Å². The molecule has 292 valence electrons. The predicted molar refractivity (Wildman–Crippen MR) is 220 cm³/mol. The van der Waals surface area contributed by atoms with Gasteiger partial charge in [0.2, 0.25) is 0 Å². The van der Waals surface area contributed by atoms with Gasteiger partial charge in [-0.1, -0.05) is 277 Å². The van der Waals surface area contributed by atoms with Crippen molar-refractivity contribution in [3.8, 4) is 0 Å². The Kier molecular flexibility index (Phi) is 44.5. The van der Waals surface area contributed by atoms with Crippen molar-refractivity contribution in [3.05, 3.63) is 12.8 Å². The zero-order chi connectivity index (χ0) is 35.4. The molecular weight excluding hydrogens is 597 g/mol. The smallest absolute Gasteiger partial charge is 0.310 e. The molecule has 0 spiro atoms. The third-order valence-electron chi connectivity index (χ3n) is 10.9. The second-order valence-electron chi connectivity index (χ2n) is 15.9. The van der Waals surface area contributed by atoms with Crippen LogP contribution < -0.4 is 0 Å². The highest BCUT2D eigenvalue weighted by Gasteiger charge is 2.01. The molecule has 0 atom stereocenters. The van der Waals surface area contributed by atoms with Crippen molar-refractivity contribution in [2.75, 3.05) is 0 Å². The van der Waals surface area contributed by atoms with Crippen molar-refractivity contribution in [1.29, 1.82) is 0 Å². The highest BCUT2D eigenvalue weighted by molar-refractivity contribution is 5.69. The zero-order valence-electron chi connectivity index (χ0n) is 34.0. The lowest BCUT2D eigenvalue weighted by molar-refractivity contribution is -0.138. The maximum atomic E-state index is 11.2. The number of unbranched alkanes of at least 4 members (excludes halogenated alkanes) is 41. The molecule has 2 heteroatoms. The van der Waals surface area contributed by atoms with Crippen molar-refractivity contribution in [2.45, 2.75) is 283 Å². The maximum Gasteiger partial charge on any atom is 0.310 e. The van der Waals surface area contributed by atoms with Crippen LogP contribution in [0.4, 0.5) is 0 Å². The Balaban J connectivity index is 3.06. The van der Waals surface area contributed by atoms with Crippen LogP contribution >= 0.6 is 0 Å². The van der Waals surface area contributed by atoms with Crippen LogP contribution in [0.3, 0.4) is 0 Å². The molecule has 0 aromatic rings. The summed E-state index contributed by atoms with van der Waals surface area (Å²) in [6.45, 7) is 5.73. The number of esters is 1. The molecule has 0 bridgehead atoms. The fourth-order valence-corrected chi connectivity index (χ4v) is 7.57. The van der Waals surface area contributed by atoms with E-state index in [0.717, 1.165) is 12.8 Å². The number of ether oxygens (including phenoxy) is 1. The minimum atomic E-state index is -0.142. The standard InChI is InChI=1S/C47H92O2/c1-3-5-6-7-8-9-10-11-12-13-14-15-16-17-18-19-20-21-22-23-24-25-26-27-28-29-30-31-32-33-34-35-36-37-38-39-40-41-42-43-44-45-46-47(48)49-4-2/h4H,2-3,5-46H2,1H3. The van der Waals surface area contributed by atoms with Crippen molar-refractivity contribution in [3.63, 3.8) is 0 Å². The van der Waals surface area contributed by atoms with E-state index in [9.17, 15) is 4.79 Å². The molecule has 0 rings (SSSR count). The monoisotopic (exact) mass is 689 g/mol. The molecule has 0 radical (unpaired) electrons. The third-order valence-corrected chi connectivity index (χ3v) is 10.9. The Morgan fingerprint density at radius 2 is 0.490 bits per heavy atom. The van der Waals surface area contributed by atoms with Gasteiger partial charge in [-0.05, 0) is 6.42 Å². The summed E-state index contributed by atoms with van der Waals surface area (Å²) in [6, 6.07) is 0. The summed E-state index contributed by atoms with van der Waals surface area (Å²) >= 11 is 0. The average Bonchev–Trinajstić information content (AvgIpc) is 3.10. The molecule has 0 aliphatic rings. The molecular formula is C47H92O2. The molecule has 0 N–H and O–H groups in total. The molecule has 2 nitrogen and oxygen atoms in total. The van der Waals surface area contributed by atoms with Gasteiger partial charge in [0.15, 0.2) is 0 Å². The van der Waals surface area contributed by atoms with Crippen LogP contribution in [0.1, 0.15) is 283 Å². The van der Waals surface area contributed by atoms with Crippen LogP contribution in [0, 0.1) is 0 Å². The third kappa shape index (κ3) is 45.2. The normalized spacial score (nSPS) is 11.4. The van der Waals surface area contributed by atoms with Gasteiger partial charge in [0.1, 0.15) is 0 Å². The van der Waals surface area contributed by atoms with Gasteiger partial charge in [-0.15, -0.1) is 0 Å². The summed E-state index contributed by atoms with van der Waals surface area (Å²) in [4.78, 5) is 11.2. The van der Waals surface area contributed by atoms with Crippen LogP contribution in [0.2, 0.25) is 0 Å². The number of hydrogen-bond donors (Lipinski definition) is 0. The Hall–Kier alpha value is -0.790. The van der Waals surface area contributed by atoms with Gasteiger partial charge in [-0.25, -0.2) is 0 Å². The highest BCUT2D eigenvalue weighted by Crippen LogP contribution is 2.18. The molecule has 0 fully saturated rings. The molecule has 0 aliphatic heterocycles. The minimum Gasteiger partial charge on any atom is -0.435 e. The van der Waals surface area contributed by atoms with Crippen LogP contribution in [0.25, 0.3) is 0 Å². The van der Waals surface area contributed by atoms with E-state index < -0.39 is 0 Å². The molecule has 0 saturated heterocycles. The quantitative estimate of drug-likeness (QED) is 0.0362. The van der Waals surface area contributed by atoms with Gasteiger partial charge >= 0.3 is 5.97 Å². The second-order valence-corrected chi connectivity index (χ2v) is 15.9. The zero-order valence-corrected chi connectivity index (χ0v) is 34.0. The van der Waals surface area contributed by atoms with E-state index in [1.807, 2.05) is 0 Å². The fraction of sp³-hybridized carbons (Fsp3) is 0.936. The summed E-state index contributed by atoms with van der Waals surface area (Å²) in [5.41, 5.74) is 0. The van der Waals surface area contributed by atoms with Gasteiger partial charge in [-0.3, -0.25) is 4.79 Å². The number of hydrogen-bond acceptors (Lipinski definition) is 2. The van der Waals surface area contributed by atoms with Crippen LogP contribution in [-0.2, 0) is 9.53 Å². The molecule has 0 saturated carbocycles. The lowest BCUT2D eigenvalue weighted by Crippen LogP contribution is -1.98. The summed E-state index contributed by atoms with van der Waals surface area (Å²) in [6.07, 6.45) is 62.1. The Bertz CT molecular complexity index is 613. The Morgan fingerprint density at radius 3 is 0.653 bits per heavy atom. The summed E-state index contributed by atoms with van der Waals surface area (Å²) < 4.78 is 4.75. The Labute approximate surface area is 310 Å². The van der Waals surface area contributed by atoms with E-state index in [1.165, 1.54) is 263 Å². The number of carbonyl (C=O) groups is 1. The maximum absolute atomic E-state index is 11.2. The first-order chi connectivity index (χ1) is 24.3. The van der Waals surface area contributed by atoms with Gasteiger partial charge in [0.05, 0.1) is 6.26 Å². The highest BCUT2D eigenvalue weighted by atomic mass is 16.5. The number of rotatable bonds is 44. The SMILES string of the molecule is C=COC(=O)CCCCCCCCCCCCCCCCCCCCCCCCCCCCCCCCCCCCCCCCCCCC. The summed E-state index contributed by atoms with van der Waals surface area (Å²) in [5.74, 6) is -0.142. The lowest BCUT2D eigenvalue weighted by Gasteiger charge is -2.05. The molecule has 0 aliphatic carbocycles. The first-order valence-corrected chi connectivity index (χ1v) is 23.1. The van der Waals surface area contributed by atoms with Gasteiger partial charge < -0.3 is 4.74 Å². The van der Waals surface area contributed by atoms with Crippen molar-refractivity contribution in [2.24, 2.45) is 0 Å². The van der Waals surface area contributed by atoms with E-state index in [-0.39, 0.29) is 5.97 Å². The van der Waals surface area contributed by atoms with E-state index in [4.69, 9.17) is 4.74 Å². The van der Waals surface area contributed by atoms with Crippen LogP contribution in [0.15, 0.2) is 12.8 Å². The average molecular weight is 689 g/mol. The fourth-order valence-electron chi connectivity index (χ4n) is 7.57. The minimum absolute atomic E-state index is 0.142. The van der Waals surface area contributed by atoms with Crippen molar-refractivity contribution >= 4 is 5.97 Å². The summed E-state index contributed by atoms with van der Waals surface area (Å²) in [5, 5.41) is 0.